The first kappa shape index (κ1) is 17.5. The molecule has 0 N–H and O–H groups in total. The molecule has 0 aliphatic heterocycles. The number of benzene rings is 1. The number of aryl methyl sites for hydroxylation is 2. The van der Waals surface area contributed by atoms with E-state index < -0.39 is 0 Å². The first-order valence-corrected chi connectivity index (χ1v) is 9.58. The van der Waals surface area contributed by atoms with Crippen LogP contribution in [0, 0.1) is 13.8 Å². The normalized spacial score (nSPS) is 11.2. The van der Waals surface area contributed by atoms with Crippen molar-refractivity contribution in [3.63, 3.8) is 0 Å². The Kier molecular flexibility index (Phi) is 4.53. The Morgan fingerprint density at radius 3 is 2.67 bits per heavy atom. The van der Waals surface area contributed by atoms with Crippen molar-refractivity contribution in [3.8, 4) is 16.9 Å². The summed E-state index contributed by atoms with van der Waals surface area (Å²) in [7, 11) is 0. The summed E-state index contributed by atoms with van der Waals surface area (Å²) in [5, 5.41) is 6.58. The third kappa shape index (κ3) is 3.14. The summed E-state index contributed by atoms with van der Waals surface area (Å²) in [6.45, 7) is 6.69. The van der Waals surface area contributed by atoms with Crippen LogP contribution in [0.25, 0.3) is 21.3 Å². The predicted octanol–water partition coefficient (Wildman–Crippen LogP) is 4.18. The average Bonchev–Trinajstić information content (AvgIpc) is 3.24. The van der Waals surface area contributed by atoms with Crippen LogP contribution in [-0.2, 0) is 6.54 Å². The molecular formula is C20H19N3O3S. The molecule has 3 heterocycles. The zero-order valence-electron chi connectivity index (χ0n) is 15.4. The molecule has 0 amide bonds. The van der Waals surface area contributed by atoms with Crippen LogP contribution in [0.3, 0.4) is 0 Å². The van der Waals surface area contributed by atoms with Gasteiger partial charge in [-0.2, -0.15) is 0 Å². The van der Waals surface area contributed by atoms with E-state index >= 15 is 0 Å². The van der Waals surface area contributed by atoms with E-state index in [1.807, 2.05) is 50.4 Å². The van der Waals surface area contributed by atoms with Crippen LogP contribution in [0.1, 0.15) is 23.9 Å². The quantitative estimate of drug-likeness (QED) is 0.519. The van der Waals surface area contributed by atoms with Crippen molar-refractivity contribution >= 4 is 21.6 Å². The molecule has 0 aliphatic rings. The number of hydrogen-bond acceptors (Lipinski definition) is 6. The van der Waals surface area contributed by atoms with Gasteiger partial charge in [-0.1, -0.05) is 17.3 Å². The second-order valence-electron chi connectivity index (χ2n) is 6.27. The van der Waals surface area contributed by atoms with Gasteiger partial charge >= 0.3 is 0 Å². The standard InChI is InChI=1S/C20H19N3O3S/c1-4-25-15-7-5-14(6-8-15)17-10-27-19-18(17)20(24)23(11-21-19)9-16-12(2)22-26-13(16)3/h5-8,10-11H,4,9H2,1-3H3. The lowest BCUT2D eigenvalue weighted by molar-refractivity contribution is 0.340. The van der Waals surface area contributed by atoms with Gasteiger partial charge in [0, 0.05) is 16.5 Å². The van der Waals surface area contributed by atoms with Crippen molar-refractivity contribution in [1.29, 1.82) is 0 Å². The van der Waals surface area contributed by atoms with Gasteiger partial charge in [0.2, 0.25) is 0 Å². The van der Waals surface area contributed by atoms with Gasteiger partial charge in [0.1, 0.15) is 16.3 Å². The lowest BCUT2D eigenvalue weighted by Crippen LogP contribution is -2.21. The molecule has 0 atom stereocenters. The molecule has 0 radical (unpaired) electrons. The second kappa shape index (κ2) is 7.00. The monoisotopic (exact) mass is 381 g/mol. The van der Waals surface area contributed by atoms with Gasteiger partial charge in [0.25, 0.3) is 5.56 Å². The summed E-state index contributed by atoms with van der Waals surface area (Å²) < 4.78 is 12.3. The number of rotatable bonds is 5. The highest BCUT2D eigenvalue weighted by Gasteiger charge is 2.16. The van der Waals surface area contributed by atoms with Gasteiger partial charge in [-0.3, -0.25) is 9.36 Å². The van der Waals surface area contributed by atoms with E-state index in [9.17, 15) is 4.79 Å². The molecule has 0 saturated carbocycles. The smallest absolute Gasteiger partial charge is 0.263 e. The fourth-order valence-electron chi connectivity index (χ4n) is 3.09. The number of nitrogens with zero attached hydrogens (tertiary/aromatic N) is 3. The fraction of sp³-hybridized carbons (Fsp3) is 0.250. The Bertz CT molecular complexity index is 1140. The number of fused-ring (bicyclic) bond motifs is 1. The van der Waals surface area contributed by atoms with E-state index in [0.717, 1.165) is 38.7 Å². The number of hydrogen-bond donors (Lipinski definition) is 0. The molecular weight excluding hydrogens is 362 g/mol. The maximum absolute atomic E-state index is 13.2. The van der Waals surface area contributed by atoms with Crippen molar-refractivity contribution in [2.45, 2.75) is 27.3 Å². The van der Waals surface area contributed by atoms with Crippen LogP contribution < -0.4 is 10.3 Å². The van der Waals surface area contributed by atoms with E-state index in [1.54, 1.807) is 10.9 Å². The third-order valence-corrected chi connectivity index (χ3v) is 5.43. The minimum atomic E-state index is -0.0647. The van der Waals surface area contributed by atoms with Crippen molar-refractivity contribution < 1.29 is 9.26 Å². The fourth-order valence-corrected chi connectivity index (χ4v) is 3.99. The Balaban J connectivity index is 1.78. The highest BCUT2D eigenvalue weighted by Crippen LogP contribution is 2.31. The first-order valence-electron chi connectivity index (χ1n) is 8.70. The first-order chi connectivity index (χ1) is 13.1. The highest BCUT2D eigenvalue weighted by atomic mass is 32.1. The number of ether oxygens (including phenoxy) is 1. The van der Waals surface area contributed by atoms with Gasteiger partial charge in [-0.15, -0.1) is 11.3 Å². The van der Waals surface area contributed by atoms with Crippen LogP contribution in [0.5, 0.6) is 5.75 Å². The summed E-state index contributed by atoms with van der Waals surface area (Å²) in [5.41, 5.74) is 3.50. The molecule has 1 aromatic carbocycles. The van der Waals surface area contributed by atoms with Crippen LogP contribution in [0.4, 0.5) is 0 Å². The molecule has 4 rings (SSSR count). The molecule has 138 valence electrons. The molecule has 0 saturated heterocycles. The van der Waals surface area contributed by atoms with Crippen LogP contribution >= 0.6 is 11.3 Å². The van der Waals surface area contributed by atoms with E-state index in [0.29, 0.717) is 18.5 Å². The second-order valence-corrected chi connectivity index (χ2v) is 7.13. The van der Waals surface area contributed by atoms with Crippen molar-refractivity contribution in [3.05, 3.63) is 63.3 Å². The van der Waals surface area contributed by atoms with Gasteiger partial charge in [0.15, 0.2) is 0 Å². The zero-order valence-corrected chi connectivity index (χ0v) is 16.2. The summed E-state index contributed by atoms with van der Waals surface area (Å²) in [5.74, 6) is 1.53. The largest absolute Gasteiger partial charge is 0.494 e. The summed E-state index contributed by atoms with van der Waals surface area (Å²) in [6, 6.07) is 7.78. The summed E-state index contributed by atoms with van der Waals surface area (Å²) in [6.07, 6.45) is 1.59. The number of aromatic nitrogens is 3. The Morgan fingerprint density at radius 2 is 2.00 bits per heavy atom. The topological polar surface area (TPSA) is 70.2 Å². The van der Waals surface area contributed by atoms with Crippen LogP contribution in [0.2, 0.25) is 0 Å². The molecule has 0 fully saturated rings. The molecule has 3 aromatic heterocycles. The van der Waals surface area contributed by atoms with Gasteiger partial charge in [-0.25, -0.2) is 4.98 Å². The molecule has 7 heteroatoms. The van der Waals surface area contributed by atoms with Gasteiger partial charge in [0.05, 0.1) is 30.6 Å². The number of thiophene rings is 1. The molecule has 6 nitrogen and oxygen atoms in total. The lowest BCUT2D eigenvalue weighted by atomic mass is 10.1. The SMILES string of the molecule is CCOc1ccc(-c2csc3ncn(Cc4c(C)noc4C)c(=O)c23)cc1. The summed E-state index contributed by atoms with van der Waals surface area (Å²) in [4.78, 5) is 18.4. The van der Waals surface area contributed by atoms with E-state index in [-0.39, 0.29) is 5.56 Å². The zero-order chi connectivity index (χ0) is 19.0. The molecule has 27 heavy (non-hydrogen) atoms. The maximum Gasteiger partial charge on any atom is 0.263 e. The molecule has 0 spiro atoms. The highest BCUT2D eigenvalue weighted by molar-refractivity contribution is 7.17. The minimum absolute atomic E-state index is 0.0647. The average molecular weight is 381 g/mol. The van der Waals surface area contributed by atoms with E-state index in [1.165, 1.54) is 11.3 Å². The van der Waals surface area contributed by atoms with Gasteiger partial charge < -0.3 is 9.26 Å². The van der Waals surface area contributed by atoms with Crippen LogP contribution in [-0.4, -0.2) is 21.3 Å². The molecule has 0 bridgehead atoms. The molecule has 0 unspecified atom stereocenters. The van der Waals surface area contributed by atoms with Crippen LogP contribution in [0.15, 0.2) is 45.3 Å². The Labute approximate surface area is 160 Å². The van der Waals surface area contributed by atoms with Gasteiger partial charge in [-0.05, 0) is 38.5 Å². The maximum atomic E-state index is 13.2. The molecule has 4 aromatic rings. The van der Waals surface area contributed by atoms with Crippen molar-refractivity contribution in [2.75, 3.05) is 6.61 Å². The summed E-state index contributed by atoms with van der Waals surface area (Å²) >= 11 is 1.47. The predicted molar refractivity (Wildman–Crippen MR) is 106 cm³/mol. The van der Waals surface area contributed by atoms with Crippen molar-refractivity contribution in [2.24, 2.45) is 0 Å². The van der Waals surface area contributed by atoms with Crippen molar-refractivity contribution in [1.82, 2.24) is 14.7 Å². The minimum Gasteiger partial charge on any atom is -0.494 e. The molecule has 0 aliphatic carbocycles. The Morgan fingerprint density at radius 1 is 1.22 bits per heavy atom. The third-order valence-electron chi connectivity index (χ3n) is 4.55. The Hall–Kier alpha value is -2.93. The lowest BCUT2D eigenvalue weighted by Gasteiger charge is -2.07. The van der Waals surface area contributed by atoms with E-state index in [2.05, 4.69) is 10.1 Å². The van der Waals surface area contributed by atoms with E-state index in [4.69, 9.17) is 9.26 Å².